The van der Waals surface area contributed by atoms with Crippen LogP contribution < -0.4 is 0 Å². The molecule has 1 unspecified atom stereocenters. The lowest BCUT2D eigenvalue weighted by atomic mass is 9.70. The third-order valence-electron chi connectivity index (χ3n) is 4.12. The van der Waals surface area contributed by atoms with Gasteiger partial charge in [0, 0.05) is 0 Å². The molecule has 2 rings (SSSR count). The predicted octanol–water partition coefficient (Wildman–Crippen LogP) is 1.60. The van der Waals surface area contributed by atoms with Crippen molar-refractivity contribution in [2.45, 2.75) is 50.2 Å². The number of carboxylic acid groups (broad SMARTS) is 1. The van der Waals surface area contributed by atoms with E-state index in [1.54, 1.807) is 0 Å². The highest BCUT2D eigenvalue weighted by atomic mass is 32.2. The van der Waals surface area contributed by atoms with Crippen molar-refractivity contribution in [3.8, 4) is 0 Å². The molecule has 1 saturated carbocycles. The van der Waals surface area contributed by atoms with Crippen molar-refractivity contribution in [3.63, 3.8) is 0 Å². The van der Waals surface area contributed by atoms with Crippen LogP contribution in [0, 0.1) is 5.41 Å². The van der Waals surface area contributed by atoms with Crippen LogP contribution in [0.25, 0.3) is 0 Å². The van der Waals surface area contributed by atoms with E-state index < -0.39 is 26.5 Å². The molecule has 0 radical (unpaired) electrons. The fourth-order valence-corrected chi connectivity index (χ4v) is 5.67. The molecule has 2 aliphatic rings. The topological polar surface area (TPSA) is 71.4 Å². The zero-order chi connectivity index (χ0) is 11.8. The molecule has 1 aliphatic heterocycles. The first kappa shape index (κ1) is 11.9. The average Bonchev–Trinajstić information content (AvgIpc) is 2.59. The molecular formula is C11H18O4S. The number of rotatable bonds is 2. The van der Waals surface area contributed by atoms with Crippen molar-refractivity contribution in [1.29, 1.82) is 0 Å². The summed E-state index contributed by atoms with van der Waals surface area (Å²) in [6.45, 7) is 0. The summed E-state index contributed by atoms with van der Waals surface area (Å²) in [5.41, 5.74) is -0.979. The second kappa shape index (κ2) is 4.02. The van der Waals surface area contributed by atoms with E-state index in [0.717, 1.165) is 19.3 Å². The van der Waals surface area contributed by atoms with Crippen LogP contribution >= 0.6 is 0 Å². The van der Waals surface area contributed by atoms with E-state index in [4.69, 9.17) is 0 Å². The van der Waals surface area contributed by atoms with Crippen molar-refractivity contribution in [2.24, 2.45) is 5.41 Å². The summed E-state index contributed by atoms with van der Waals surface area (Å²) in [7, 11) is -3.17. The van der Waals surface area contributed by atoms with Crippen LogP contribution in [0.5, 0.6) is 0 Å². The maximum Gasteiger partial charge on any atom is 0.310 e. The summed E-state index contributed by atoms with van der Waals surface area (Å²) in [4.78, 5) is 11.5. The molecule has 16 heavy (non-hydrogen) atoms. The summed E-state index contributed by atoms with van der Waals surface area (Å²) >= 11 is 0. The Balaban J connectivity index is 2.36. The van der Waals surface area contributed by atoms with Crippen LogP contribution in [0.15, 0.2) is 0 Å². The van der Waals surface area contributed by atoms with Gasteiger partial charge in [0.2, 0.25) is 0 Å². The predicted molar refractivity (Wildman–Crippen MR) is 60.0 cm³/mol. The first-order valence-electron chi connectivity index (χ1n) is 5.94. The molecule has 0 amide bonds. The van der Waals surface area contributed by atoms with Crippen LogP contribution in [0.4, 0.5) is 0 Å². The molecule has 92 valence electrons. The van der Waals surface area contributed by atoms with Crippen molar-refractivity contribution in [2.75, 3.05) is 5.75 Å². The highest BCUT2D eigenvalue weighted by Crippen LogP contribution is 2.46. The fourth-order valence-electron chi connectivity index (χ4n) is 3.27. The molecule has 2 fully saturated rings. The maximum atomic E-state index is 11.9. The molecule has 1 atom stereocenters. The SMILES string of the molecule is O=C(O)C1(C2CCCS2(=O)=O)CCCCC1. The van der Waals surface area contributed by atoms with Gasteiger partial charge in [0.1, 0.15) is 0 Å². The van der Waals surface area contributed by atoms with E-state index in [1.807, 2.05) is 0 Å². The smallest absolute Gasteiger partial charge is 0.310 e. The highest BCUT2D eigenvalue weighted by molar-refractivity contribution is 7.92. The molecule has 1 N–H and O–H groups in total. The Bertz CT molecular complexity index is 379. The fraction of sp³-hybridized carbons (Fsp3) is 0.909. The van der Waals surface area contributed by atoms with Crippen molar-refractivity contribution < 1.29 is 18.3 Å². The van der Waals surface area contributed by atoms with Crippen LogP contribution in [-0.4, -0.2) is 30.5 Å². The molecule has 1 aliphatic carbocycles. The van der Waals surface area contributed by atoms with E-state index in [2.05, 4.69) is 0 Å². The van der Waals surface area contributed by atoms with Crippen molar-refractivity contribution in [3.05, 3.63) is 0 Å². The van der Waals surface area contributed by atoms with Crippen molar-refractivity contribution in [1.82, 2.24) is 0 Å². The minimum absolute atomic E-state index is 0.173. The first-order chi connectivity index (χ1) is 7.49. The van der Waals surface area contributed by atoms with Gasteiger partial charge in [-0.3, -0.25) is 4.79 Å². The Kier molecular flexibility index (Phi) is 2.99. The Morgan fingerprint density at radius 1 is 1.12 bits per heavy atom. The van der Waals surface area contributed by atoms with E-state index in [1.165, 1.54) is 0 Å². The summed E-state index contributed by atoms with van der Waals surface area (Å²) in [5, 5.41) is 8.79. The third kappa shape index (κ3) is 1.75. The lowest BCUT2D eigenvalue weighted by Gasteiger charge is -2.37. The summed E-state index contributed by atoms with van der Waals surface area (Å²) < 4.78 is 23.8. The lowest BCUT2D eigenvalue weighted by Crippen LogP contribution is -2.46. The van der Waals surface area contributed by atoms with Gasteiger partial charge in [-0.1, -0.05) is 19.3 Å². The molecular weight excluding hydrogens is 228 g/mol. The summed E-state index contributed by atoms with van der Waals surface area (Å²) in [5.74, 6) is -0.727. The molecule has 0 aromatic heterocycles. The molecule has 1 saturated heterocycles. The standard InChI is InChI=1S/C11H18O4S/c12-10(13)11(6-2-1-3-7-11)9-5-4-8-16(9,14)15/h9H,1-8H2,(H,12,13). The second-order valence-corrected chi connectivity index (χ2v) is 7.32. The average molecular weight is 246 g/mol. The third-order valence-corrected chi connectivity index (χ3v) is 6.53. The van der Waals surface area contributed by atoms with Gasteiger partial charge in [-0.05, 0) is 25.7 Å². The van der Waals surface area contributed by atoms with Crippen LogP contribution in [0.2, 0.25) is 0 Å². The van der Waals surface area contributed by atoms with E-state index in [0.29, 0.717) is 25.7 Å². The zero-order valence-electron chi connectivity index (χ0n) is 9.31. The van der Waals surface area contributed by atoms with Gasteiger partial charge in [0.15, 0.2) is 9.84 Å². The van der Waals surface area contributed by atoms with Crippen molar-refractivity contribution >= 4 is 15.8 Å². The number of sulfone groups is 1. The minimum atomic E-state index is -3.17. The van der Waals surface area contributed by atoms with Gasteiger partial charge in [0.25, 0.3) is 0 Å². The molecule has 0 spiro atoms. The summed E-state index contributed by atoms with van der Waals surface area (Å²) in [6, 6.07) is 0. The van der Waals surface area contributed by atoms with Gasteiger partial charge in [-0.15, -0.1) is 0 Å². The van der Waals surface area contributed by atoms with Gasteiger partial charge in [-0.25, -0.2) is 8.42 Å². The van der Waals surface area contributed by atoms with Crippen LogP contribution in [-0.2, 0) is 14.6 Å². The number of hydrogen-bond acceptors (Lipinski definition) is 3. The monoisotopic (exact) mass is 246 g/mol. The minimum Gasteiger partial charge on any atom is -0.481 e. The lowest BCUT2D eigenvalue weighted by molar-refractivity contribution is -0.151. The van der Waals surface area contributed by atoms with Crippen LogP contribution in [0.1, 0.15) is 44.9 Å². The Morgan fingerprint density at radius 2 is 1.75 bits per heavy atom. The van der Waals surface area contributed by atoms with E-state index in [9.17, 15) is 18.3 Å². The number of carboxylic acids is 1. The normalized spacial score (nSPS) is 32.4. The number of aliphatic carboxylic acids is 1. The number of carbonyl (C=O) groups is 1. The number of hydrogen-bond donors (Lipinski definition) is 1. The molecule has 0 bridgehead atoms. The van der Waals surface area contributed by atoms with Gasteiger partial charge >= 0.3 is 5.97 Å². The molecule has 5 heteroatoms. The highest BCUT2D eigenvalue weighted by Gasteiger charge is 2.53. The van der Waals surface area contributed by atoms with Gasteiger partial charge < -0.3 is 5.11 Å². The second-order valence-electron chi connectivity index (χ2n) is 5.02. The van der Waals surface area contributed by atoms with Gasteiger partial charge in [0.05, 0.1) is 16.4 Å². The Labute approximate surface area is 96.0 Å². The maximum absolute atomic E-state index is 11.9. The van der Waals surface area contributed by atoms with E-state index >= 15 is 0 Å². The zero-order valence-corrected chi connectivity index (χ0v) is 10.1. The summed E-state index contributed by atoms with van der Waals surface area (Å²) in [6.07, 6.45) is 4.95. The largest absolute Gasteiger partial charge is 0.481 e. The van der Waals surface area contributed by atoms with Gasteiger partial charge in [-0.2, -0.15) is 0 Å². The Hall–Kier alpha value is -0.580. The molecule has 0 aromatic rings. The first-order valence-corrected chi connectivity index (χ1v) is 7.65. The Morgan fingerprint density at radius 3 is 2.19 bits per heavy atom. The molecule has 4 nitrogen and oxygen atoms in total. The molecule has 1 heterocycles. The van der Waals surface area contributed by atoms with E-state index in [-0.39, 0.29) is 5.75 Å². The van der Waals surface area contributed by atoms with Crippen LogP contribution in [0.3, 0.4) is 0 Å². The quantitative estimate of drug-likeness (QED) is 0.803. The molecule has 0 aromatic carbocycles.